The molecule has 5 heteroatoms. The van der Waals surface area contributed by atoms with Gasteiger partial charge in [0.05, 0.1) is 6.04 Å². The highest BCUT2D eigenvalue weighted by Gasteiger charge is 2.19. The molecule has 0 radical (unpaired) electrons. The quantitative estimate of drug-likeness (QED) is 0.924. The molecule has 0 aliphatic carbocycles. The zero-order valence-corrected chi connectivity index (χ0v) is 10.7. The Hall–Kier alpha value is -1.52. The molecule has 0 fully saturated rings. The monoisotopic (exact) mass is 265 g/mol. The minimum Gasteiger partial charge on any atom is -0.304 e. The van der Waals surface area contributed by atoms with Crippen LogP contribution >= 0.6 is 11.6 Å². The van der Waals surface area contributed by atoms with Gasteiger partial charge in [0, 0.05) is 23.0 Å². The van der Waals surface area contributed by atoms with Crippen molar-refractivity contribution in [1.82, 2.24) is 15.3 Å². The Balaban J connectivity index is 2.41. The van der Waals surface area contributed by atoms with Crippen LogP contribution in [0.3, 0.4) is 0 Å². The Kier molecular flexibility index (Phi) is 4.23. The molecule has 0 aliphatic heterocycles. The highest BCUT2D eigenvalue weighted by atomic mass is 35.5. The third-order valence-electron chi connectivity index (χ3n) is 2.53. The van der Waals surface area contributed by atoms with E-state index in [2.05, 4.69) is 15.3 Å². The van der Waals surface area contributed by atoms with Crippen molar-refractivity contribution in [3.63, 3.8) is 0 Å². The molecule has 0 bridgehead atoms. The molecule has 1 N–H and O–H groups in total. The van der Waals surface area contributed by atoms with Crippen LogP contribution in [0.15, 0.2) is 36.7 Å². The number of nitrogens with one attached hydrogen (secondary N) is 1. The van der Waals surface area contributed by atoms with Crippen molar-refractivity contribution in [3.8, 4) is 0 Å². The number of rotatable bonds is 4. The zero-order valence-electron chi connectivity index (χ0n) is 9.90. The second-order valence-corrected chi connectivity index (χ2v) is 4.20. The van der Waals surface area contributed by atoms with E-state index >= 15 is 0 Å². The summed E-state index contributed by atoms with van der Waals surface area (Å²) < 4.78 is 13.9. The lowest BCUT2D eigenvalue weighted by molar-refractivity contribution is 0.543. The average Bonchev–Trinajstić information content (AvgIpc) is 2.38. The SMILES string of the molecule is CCNC(c1ncccn1)c1ccc(Cl)cc1F. The Morgan fingerprint density at radius 2 is 2.06 bits per heavy atom. The second-order valence-electron chi connectivity index (χ2n) is 3.76. The number of hydrogen-bond acceptors (Lipinski definition) is 3. The van der Waals surface area contributed by atoms with Gasteiger partial charge in [0.2, 0.25) is 0 Å². The van der Waals surface area contributed by atoms with Crippen molar-refractivity contribution in [3.05, 3.63) is 58.9 Å². The van der Waals surface area contributed by atoms with E-state index in [-0.39, 0.29) is 11.9 Å². The summed E-state index contributed by atoms with van der Waals surface area (Å²) in [4.78, 5) is 8.33. The van der Waals surface area contributed by atoms with Gasteiger partial charge in [-0.15, -0.1) is 0 Å². The number of nitrogens with zero attached hydrogens (tertiary/aromatic N) is 2. The van der Waals surface area contributed by atoms with Gasteiger partial charge in [0.1, 0.15) is 11.6 Å². The first-order chi connectivity index (χ1) is 8.72. The molecule has 0 saturated heterocycles. The molecular weight excluding hydrogens is 253 g/mol. The fraction of sp³-hybridized carbons (Fsp3) is 0.231. The van der Waals surface area contributed by atoms with Crippen molar-refractivity contribution in [2.45, 2.75) is 13.0 Å². The zero-order chi connectivity index (χ0) is 13.0. The van der Waals surface area contributed by atoms with Gasteiger partial charge < -0.3 is 5.32 Å². The summed E-state index contributed by atoms with van der Waals surface area (Å²) in [5.74, 6) is 0.182. The van der Waals surface area contributed by atoms with E-state index in [0.717, 1.165) is 0 Å². The van der Waals surface area contributed by atoms with Crippen LogP contribution in [-0.4, -0.2) is 16.5 Å². The summed E-state index contributed by atoms with van der Waals surface area (Å²) in [5, 5.41) is 3.54. The molecule has 0 amide bonds. The predicted octanol–water partition coefficient (Wildman–Crippen LogP) is 2.97. The third-order valence-corrected chi connectivity index (χ3v) is 2.76. The Morgan fingerprint density at radius 3 is 2.67 bits per heavy atom. The maximum absolute atomic E-state index is 13.9. The molecule has 1 heterocycles. The van der Waals surface area contributed by atoms with Crippen LogP contribution < -0.4 is 5.32 Å². The first kappa shape index (κ1) is 12.9. The van der Waals surface area contributed by atoms with Crippen LogP contribution in [0.1, 0.15) is 24.4 Å². The maximum atomic E-state index is 13.9. The van der Waals surface area contributed by atoms with Gasteiger partial charge in [-0.05, 0) is 24.7 Å². The van der Waals surface area contributed by atoms with Gasteiger partial charge in [-0.1, -0.05) is 24.6 Å². The van der Waals surface area contributed by atoms with Gasteiger partial charge in [-0.2, -0.15) is 0 Å². The molecule has 1 atom stereocenters. The first-order valence-electron chi connectivity index (χ1n) is 5.67. The molecule has 3 nitrogen and oxygen atoms in total. The molecule has 18 heavy (non-hydrogen) atoms. The maximum Gasteiger partial charge on any atom is 0.149 e. The predicted molar refractivity (Wildman–Crippen MR) is 69.0 cm³/mol. The van der Waals surface area contributed by atoms with E-state index in [9.17, 15) is 4.39 Å². The van der Waals surface area contributed by atoms with Crippen LogP contribution in [0.2, 0.25) is 5.02 Å². The van der Waals surface area contributed by atoms with E-state index in [0.29, 0.717) is 23.0 Å². The van der Waals surface area contributed by atoms with Gasteiger partial charge in [-0.3, -0.25) is 0 Å². The molecular formula is C13H13ClFN3. The summed E-state index contributed by atoms with van der Waals surface area (Å²) in [6.07, 6.45) is 3.28. The van der Waals surface area contributed by atoms with E-state index in [4.69, 9.17) is 11.6 Å². The van der Waals surface area contributed by atoms with Crippen molar-refractivity contribution in [1.29, 1.82) is 0 Å². The van der Waals surface area contributed by atoms with E-state index in [1.807, 2.05) is 6.92 Å². The summed E-state index contributed by atoms with van der Waals surface area (Å²) in [6.45, 7) is 2.63. The van der Waals surface area contributed by atoms with E-state index < -0.39 is 0 Å². The van der Waals surface area contributed by atoms with Crippen molar-refractivity contribution in [2.24, 2.45) is 0 Å². The number of hydrogen-bond donors (Lipinski definition) is 1. The van der Waals surface area contributed by atoms with E-state index in [1.54, 1.807) is 30.6 Å². The minimum absolute atomic E-state index is 0.360. The van der Waals surface area contributed by atoms with Crippen LogP contribution in [0, 0.1) is 5.82 Å². The van der Waals surface area contributed by atoms with Gasteiger partial charge in [0.25, 0.3) is 0 Å². The largest absolute Gasteiger partial charge is 0.304 e. The molecule has 1 unspecified atom stereocenters. The van der Waals surface area contributed by atoms with Crippen LogP contribution in [0.4, 0.5) is 4.39 Å². The van der Waals surface area contributed by atoms with E-state index in [1.165, 1.54) is 6.07 Å². The normalized spacial score (nSPS) is 12.4. The first-order valence-corrected chi connectivity index (χ1v) is 6.05. The Morgan fingerprint density at radius 1 is 1.33 bits per heavy atom. The van der Waals surface area contributed by atoms with Crippen LogP contribution in [-0.2, 0) is 0 Å². The molecule has 2 rings (SSSR count). The standard InChI is InChI=1S/C13H13ClFN3/c1-2-16-12(13-17-6-3-7-18-13)10-5-4-9(14)8-11(10)15/h3-8,12,16H,2H2,1H3. The molecule has 0 saturated carbocycles. The minimum atomic E-state index is -0.367. The molecule has 1 aromatic carbocycles. The topological polar surface area (TPSA) is 37.8 Å². The molecule has 0 spiro atoms. The average molecular weight is 266 g/mol. The highest BCUT2D eigenvalue weighted by molar-refractivity contribution is 6.30. The van der Waals surface area contributed by atoms with Gasteiger partial charge in [0.15, 0.2) is 0 Å². The smallest absolute Gasteiger partial charge is 0.149 e. The van der Waals surface area contributed by atoms with Gasteiger partial charge in [-0.25, -0.2) is 14.4 Å². The number of benzene rings is 1. The fourth-order valence-corrected chi connectivity index (χ4v) is 1.90. The lowest BCUT2D eigenvalue weighted by Gasteiger charge is -2.17. The van der Waals surface area contributed by atoms with Crippen LogP contribution in [0.25, 0.3) is 0 Å². The fourth-order valence-electron chi connectivity index (χ4n) is 1.74. The summed E-state index contributed by atoms with van der Waals surface area (Å²) in [6, 6.07) is 5.97. The summed E-state index contributed by atoms with van der Waals surface area (Å²) >= 11 is 5.75. The molecule has 2 aromatic rings. The summed E-state index contributed by atoms with van der Waals surface area (Å²) in [7, 11) is 0. The Bertz CT molecular complexity index is 519. The molecule has 94 valence electrons. The third kappa shape index (κ3) is 2.83. The molecule has 0 aliphatic rings. The summed E-state index contributed by atoms with van der Waals surface area (Å²) in [5.41, 5.74) is 0.493. The lowest BCUT2D eigenvalue weighted by Crippen LogP contribution is -2.24. The van der Waals surface area contributed by atoms with Gasteiger partial charge >= 0.3 is 0 Å². The van der Waals surface area contributed by atoms with Crippen molar-refractivity contribution < 1.29 is 4.39 Å². The number of aromatic nitrogens is 2. The number of halogens is 2. The van der Waals surface area contributed by atoms with Crippen molar-refractivity contribution in [2.75, 3.05) is 6.54 Å². The van der Waals surface area contributed by atoms with Crippen LogP contribution in [0.5, 0.6) is 0 Å². The molecule has 1 aromatic heterocycles. The lowest BCUT2D eigenvalue weighted by atomic mass is 10.1. The van der Waals surface area contributed by atoms with Crippen molar-refractivity contribution >= 4 is 11.6 Å². The highest BCUT2D eigenvalue weighted by Crippen LogP contribution is 2.24. The Labute approximate surface area is 110 Å². The second kappa shape index (κ2) is 5.89.